The minimum absolute atomic E-state index is 0.266. The number of rotatable bonds is 1. The van der Waals surface area contributed by atoms with Crippen LogP contribution in [0.1, 0.15) is 0 Å². The van der Waals surface area contributed by atoms with Crippen molar-refractivity contribution in [3.63, 3.8) is 0 Å². The van der Waals surface area contributed by atoms with E-state index in [9.17, 15) is 4.39 Å². The van der Waals surface area contributed by atoms with E-state index in [-0.39, 0.29) is 10.7 Å². The van der Waals surface area contributed by atoms with Crippen LogP contribution in [0, 0.1) is 5.82 Å². The molecule has 0 aliphatic rings. The highest BCUT2D eigenvalue weighted by atomic mass is 35.5. The minimum Gasteiger partial charge on any atom is -0.264 e. The lowest BCUT2D eigenvalue weighted by molar-refractivity contribution is 0.626. The van der Waals surface area contributed by atoms with Gasteiger partial charge in [0.15, 0.2) is 5.82 Å². The lowest BCUT2D eigenvalue weighted by Crippen LogP contribution is -1.89. The van der Waals surface area contributed by atoms with E-state index in [4.69, 9.17) is 11.6 Å². The maximum Gasteiger partial charge on any atom is 0.151 e. The Morgan fingerprint density at radius 3 is 2.79 bits per heavy atom. The van der Waals surface area contributed by atoms with Gasteiger partial charge >= 0.3 is 0 Å². The van der Waals surface area contributed by atoms with Gasteiger partial charge in [-0.15, -0.1) is 0 Å². The molecule has 0 unspecified atom stereocenters. The molecule has 2 aromatic rings. The highest BCUT2D eigenvalue weighted by Gasteiger charge is 2.06. The minimum atomic E-state index is -0.439. The molecule has 4 heteroatoms. The lowest BCUT2D eigenvalue weighted by Gasteiger charge is -2.01. The van der Waals surface area contributed by atoms with Crippen molar-refractivity contribution in [1.82, 2.24) is 9.97 Å². The zero-order valence-electron chi connectivity index (χ0n) is 7.11. The molecule has 0 fully saturated rings. The zero-order chi connectivity index (χ0) is 9.97. The average Bonchev–Trinajstić information content (AvgIpc) is 2.19. The number of nitrogens with zero attached hydrogens (tertiary/aromatic N) is 2. The summed E-state index contributed by atoms with van der Waals surface area (Å²) in [6, 6.07) is 4.70. The summed E-state index contributed by atoms with van der Waals surface area (Å²) in [5.74, 6) is -0.439. The summed E-state index contributed by atoms with van der Waals surface area (Å²) >= 11 is 5.59. The first-order chi connectivity index (χ1) is 6.77. The van der Waals surface area contributed by atoms with Gasteiger partial charge in [-0.1, -0.05) is 11.6 Å². The predicted octanol–water partition coefficient (Wildman–Crippen LogP) is 2.94. The van der Waals surface area contributed by atoms with Gasteiger partial charge in [0.1, 0.15) is 5.69 Å². The van der Waals surface area contributed by atoms with Crippen LogP contribution in [-0.4, -0.2) is 9.97 Å². The molecule has 0 saturated heterocycles. The van der Waals surface area contributed by atoms with Gasteiger partial charge in [-0.25, -0.2) is 4.39 Å². The van der Waals surface area contributed by atoms with Crippen LogP contribution in [0.15, 0.2) is 36.8 Å². The van der Waals surface area contributed by atoms with E-state index in [1.165, 1.54) is 12.3 Å². The third-order valence-electron chi connectivity index (χ3n) is 1.74. The third-order valence-corrected chi connectivity index (χ3v) is 1.95. The third kappa shape index (κ3) is 1.72. The van der Waals surface area contributed by atoms with Crippen molar-refractivity contribution in [2.75, 3.05) is 0 Å². The number of halogens is 2. The molecule has 0 amide bonds. The summed E-state index contributed by atoms with van der Waals surface area (Å²) in [5.41, 5.74) is 0.907. The Hall–Kier alpha value is -1.48. The topological polar surface area (TPSA) is 25.8 Å². The summed E-state index contributed by atoms with van der Waals surface area (Å²) in [4.78, 5) is 7.79. The number of hydrogen-bond donors (Lipinski definition) is 0. The predicted molar refractivity (Wildman–Crippen MR) is 52.4 cm³/mol. The van der Waals surface area contributed by atoms with Crippen LogP contribution >= 0.6 is 11.6 Å². The van der Waals surface area contributed by atoms with Gasteiger partial charge in [-0.3, -0.25) is 9.97 Å². The second-order valence-corrected chi connectivity index (χ2v) is 3.16. The largest absolute Gasteiger partial charge is 0.264 e. The van der Waals surface area contributed by atoms with E-state index < -0.39 is 5.82 Å². The van der Waals surface area contributed by atoms with Gasteiger partial charge in [0.2, 0.25) is 0 Å². The van der Waals surface area contributed by atoms with Crippen LogP contribution < -0.4 is 0 Å². The molecule has 0 saturated carbocycles. The van der Waals surface area contributed by atoms with Gasteiger partial charge in [0.25, 0.3) is 0 Å². The highest BCUT2D eigenvalue weighted by Crippen LogP contribution is 2.21. The normalized spacial score (nSPS) is 10.1. The van der Waals surface area contributed by atoms with Crippen LogP contribution in [0.3, 0.4) is 0 Å². The van der Waals surface area contributed by atoms with Crippen LogP contribution in [0.4, 0.5) is 4.39 Å². The first-order valence-electron chi connectivity index (χ1n) is 3.99. The van der Waals surface area contributed by atoms with Crippen LogP contribution in [0.2, 0.25) is 5.02 Å². The van der Waals surface area contributed by atoms with Crippen LogP contribution in [0.25, 0.3) is 11.3 Å². The fourth-order valence-electron chi connectivity index (χ4n) is 1.13. The molecule has 14 heavy (non-hydrogen) atoms. The van der Waals surface area contributed by atoms with E-state index in [0.717, 1.165) is 0 Å². The van der Waals surface area contributed by atoms with Crippen LogP contribution in [0.5, 0.6) is 0 Å². The smallest absolute Gasteiger partial charge is 0.151 e. The maximum atomic E-state index is 13.4. The quantitative estimate of drug-likeness (QED) is 0.720. The summed E-state index contributed by atoms with van der Waals surface area (Å²) in [6.07, 6.45) is 4.59. The summed E-state index contributed by atoms with van der Waals surface area (Å²) in [7, 11) is 0. The van der Waals surface area contributed by atoms with Crippen molar-refractivity contribution in [3.05, 3.63) is 47.6 Å². The van der Waals surface area contributed by atoms with E-state index in [1.807, 2.05) is 0 Å². The average molecular weight is 209 g/mol. The van der Waals surface area contributed by atoms with Gasteiger partial charge in [-0.2, -0.15) is 0 Å². The Bertz CT molecular complexity index is 445. The molecule has 2 nitrogen and oxygen atoms in total. The maximum absolute atomic E-state index is 13.4. The molecule has 2 rings (SSSR count). The first kappa shape index (κ1) is 9.09. The summed E-state index contributed by atoms with van der Waals surface area (Å²) in [6.45, 7) is 0. The molecule has 0 N–H and O–H groups in total. The molecule has 0 aromatic carbocycles. The molecular formula is C10H6ClFN2. The standard InChI is InChI=1S/C10H6ClFN2/c11-8-4-9(12)10(14-6-8)7-2-1-3-13-5-7/h1-6H. The van der Waals surface area contributed by atoms with Crippen molar-refractivity contribution in [2.45, 2.75) is 0 Å². The SMILES string of the molecule is Fc1cc(Cl)cnc1-c1cccnc1. The van der Waals surface area contributed by atoms with Crippen LogP contribution in [-0.2, 0) is 0 Å². The number of aromatic nitrogens is 2. The second kappa shape index (κ2) is 3.72. The molecule has 0 aliphatic heterocycles. The Balaban J connectivity index is 2.53. The fourth-order valence-corrected chi connectivity index (χ4v) is 1.27. The molecule has 0 atom stereocenters. The Kier molecular flexibility index (Phi) is 2.41. The van der Waals surface area contributed by atoms with E-state index in [2.05, 4.69) is 9.97 Å². The number of pyridine rings is 2. The highest BCUT2D eigenvalue weighted by molar-refractivity contribution is 6.30. The monoisotopic (exact) mass is 208 g/mol. The van der Waals surface area contributed by atoms with Crippen molar-refractivity contribution >= 4 is 11.6 Å². The van der Waals surface area contributed by atoms with Crippen molar-refractivity contribution in [2.24, 2.45) is 0 Å². The van der Waals surface area contributed by atoms with Crippen molar-refractivity contribution < 1.29 is 4.39 Å². The van der Waals surface area contributed by atoms with Gasteiger partial charge < -0.3 is 0 Å². The Morgan fingerprint density at radius 1 is 1.29 bits per heavy atom. The van der Waals surface area contributed by atoms with Crippen molar-refractivity contribution in [3.8, 4) is 11.3 Å². The summed E-state index contributed by atoms with van der Waals surface area (Å²) in [5, 5.41) is 0.287. The molecule has 0 radical (unpaired) electrons. The van der Waals surface area contributed by atoms with E-state index >= 15 is 0 Å². The molecule has 0 bridgehead atoms. The number of hydrogen-bond acceptors (Lipinski definition) is 2. The lowest BCUT2D eigenvalue weighted by atomic mass is 10.2. The van der Waals surface area contributed by atoms with Gasteiger partial charge in [0.05, 0.1) is 5.02 Å². The fraction of sp³-hybridized carbons (Fsp3) is 0. The Labute approximate surface area is 85.4 Å². The second-order valence-electron chi connectivity index (χ2n) is 2.73. The van der Waals surface area contributed by atoms with Crippen molar-refractivity contribution in [1.29, 1.82) is 0 Å². The van der Waals surface area contributed by atoms with E-state index in [0.29, 0.717) is 5.56 Å². The van der Waals surface area contributed by atoms with E-state index in [1.54, 1.807) is 24.5 Å². The van der Waals surface area contributed by atoms with Gasteiger partial charge in [-0.05, 0) is 18.2 Å². The molecule has 0 aliphatic carbocycles. The molecule has 70 valence electrons. The first-order valence-corrected chi connectivity index (χ1v) is 4.36. The molecule has 2 heterocycles. The van der Waals surface area contributed by atoms with Gasteiger partial charge in [0, 0.05) is 24.2 Å². The summed E-state index contributed by atoms with van der Waals surface area (Å²) < 4.78 is 13.4. The zero-order valence-corrected chi connectivity index (χ0v) is 7.87. The Morgan fingerprint density at radius 2 is 2.14 bits per heavy atom. The molecule has 0 spiro atoms. The molecular weight excluding hydrogens is 203 g/mol. The molecule has 2 aromatic heterocycles.